The van der Waals surface area contributed by atoms with Gasteiger partial charge in [-0.15, -0.1) is 0 Å². The molecule has 0 aliphatic heterocycles. The molecule has 1 heterocycles. The SMILES string of the molecule is CCCOc1ccc(CNC(C)CCc2ccco2)cc1. The van der Waals surface area contributed by atoms with Gasteiger partial charge in [0.1, 0.15) is 11.5 Å². The molecular weight excluding hydrogens is 262 g/mol. The summed E-state index contributed by atoms with van der Waals surface area (Å²) in [6.45, 7) is 5.98. The van der Waals surface area contributed by atoms with Crippen LogP contribution in [0.25, 0.3) is 0 Å². The van der Waals surface area contributed by atoms with Crippen LogP contribution in [0.5, 0.6) is 5.75 Å². The number of ether oxygens (including phenoxy) is 1. The number of hydrogen-bond acceptors (Lipinski definition) is 3. The predicted octanol–water partition coefficient (Wildman–Crippen LogP) is 4.18. The molecule has 2 rings (SSSR count). The van der Waals surface area contributed by atoms with Crippen molar-refractivity contribution >= 4 is 0 Å². The third-order valence-corrected chi connectivity index (χ3v) is 3.45. The summed E-state index contributed by atoms with van der Waals surface area (Å²) in [6, 6.07) is 12.8. The summed E-state index contributed by atoms with van der Waals surface area (Å²) in [5, 5.41) is 3.54. The van der Waals surface area contributed by atoms with Gasteiger partial charge in [0.15, 0.2) is 0 Å². The molecule has 0 amide bonds. The Kier molecular flexibility index (Phi) is 6.35. The molecule has 0 saturated heterocycles. The van der Waals surface area contributed by atoms with Crippen LogP contribution in [-0.2, 0) is 13.0 Å². The van der Waals surface area contributed by atoms with Gasteiger partial charge in [0, 0.05) is 19.0 Å². The molecule has 0 radical (unpaired) electrons. The quantitative estimate of drug-likeness (QED) is 0.751. The van der Waals surface area contributed by atoms with Crippen molar-refractivity contribution in [1.29, 1.82) is 0 Å². The second-order valence-electron chi connectivity index (χ2n) is 5.39. The Hall–Kier alpha value is -1.74. The smallest absolute Gasteiger partial charge is 0.119 e. The van der Waals surface area contributed by atoms with Crippen molar-refractivity contribution in [2.24, 2.45) is 0 Å². The van der Waals surface area contributed by atoms with E-state index in [2.05, 4.69) is 31.3 Å². The maximum Gasteiger partial charge on any atom is 0.119 e. The standard InChI is InChI=1S/C18H25NO2/c1-3-12-20-18-10-7-16(8-11-18)14-19-15(2)6-9-17-5-4-13-21-17/h4-5,7-8,10-11,13,15,19H,3,6,9,12,14H2,1-2H3. The van der Waals surface area contributed by atoms with Crippen LogP contribution in [0.2, 0.25) is 0 Å². The number of aryl methyl sites for hydroxylation is 1. The molecule has 0 aliphatic rings. The zero-order valence-electron chi connectivity index (χ0n) is 13.0. The Bertz CT molecular complexity index is 490. The highest BCUT2D eigenvalue weighted by atomic mass is 16.5. The molecule has 1 unspecified atom stereocenters. The van der Waals surface area contributed by atoms with Crippen LogP contribution in [0.4, 0.5) is 0 Å². The first kappa shape index (κ1) is 15.6. The first-order valence-corrected chi connectivity index (χ1v) is 7.75. The number of rotatable bonds is 9. The van der Waals surface area contributed by atoms with Crippen molar-refractivity contribution in [3.63, 3.8) is 0 Å². The van der Waals surface area contributed by atoms with Crippen LogP contribution in [-0.4, -0.2) is 12.6 Å². The Labute approximate surface area is 127 Å². The van der Waals surface area contributed by atoms with E-state index in [-0.39, 0.29) is 0 Å². The van der Waals surface area contributed by atoms with Gasteiger partial charge in [-0.2, -0.15) is 0 Å². The minimum absolute atomic E-state index is 0.464. The van der Waals surface area contributed by atoms with E-state index in [4.69, 9.17) is 9.15 Å². The summed E-state index contributed by atoms with van der Waals surface area (Å²) in [5.74, 6) is 2.01. The Morgan fingerprint density at radius 3 is 2.67 bits per heavy atom. The van der Waals surface area contributed by atoms with Gasteiger partial charge in [-0.3, -0.25) is 0 Å². The molecule has 0 saturated carbocycles. The van der Waals surface area contributed by atoms with Crippen molar-refractivity contribution in [2.45, 2.75) is 45.7 Å². The zero-order chi connectivity index (χ0) is 14.9. The molecule has 2 aromatic rings. The molecule has 21 heavy (non-hydrogen) atoms. The van der Waals surface area contributed by atoms with E-state index in [9.17, 15) is 0 Å². The highest BCUT2D eigenvalue weighted by molar-refractivity contribution is 5.27. The van der Waals surface area contributed by atoms with Gasteiger partial charge in [0.25, 0.3) is 0 Å². The first-order chi connectivity index (χ1) is 10.3. The maximum absolute atomic E-state index is 5.58. The molecule has 3 nitrogen and oxygen atoms in total. The van der Waals surface area contributed by atoms with E-state index in [0.29, 0.717) is 6.04 Å². The van der Waals surface area contributed by atoms with Crippen LogP contribution in [0.15, 0.2) is 47.1 Å². The monoisotopic (exact) mass is 287 g/mol. The van der Waals surface area contributed by atoms with Crippen LogP contribution in [0.3, 0.4) is 0 Å². The summed E-state index contributed by atoms with van der Waals surface area (Å²) in [5.41, 5.74) is 1.28. The van der Waals surface area contributed by atoms with Crippen molar-refractivity contribution in [1.82, 2.24) is 5.32 Å². The first-order valence-electron chi connectivity index (χ1n) is 7.75. The predicted molar refractivity (Wildman–Crippen MR) is 85.6 cm³/mol. The number of furan rings is 1. The number of benzene rings is 1. The molecule has 1 atom stereocenters. The van der Waals surface area contributed by atoms with E-state index < -0.39 is 0 Å². The molecule has 114 valence electrons. The van der Waals surface area contributed by atoms with Crippen molar-refractivity contribution in [2.75, 3.05) is 6.61 Å². The molecule has 0 spiro atoms. The van der Waals surface area contributed by atoms with Gasteiger partial charge in [-0.25, -0.2) is 0 Å². The van der Waals surface area contributed by atoms with Crippen LogP contribution in [0, 0.1) is 0 Å². The minimum Gasteiger partial charge on any atom is -0.494 e. The van der Waals surface area contributed by atoms with Crippen LogP contribution >= 0.6 is 0 Å². The van der Waals surface area contributed by atoms with Gasteiger partial charge >= 0.3 is 0 Å². The lowest BCUT2D eigenvalue weighted by atomic mass is 10.1. The van der Waals surface area contributed by atoms with E-state index >= 15 is 0 Å². The zero-order valence-corrected chi connectivity index (χ0v) is 13.0. The molecule has 0 aliphatic carbocycles. The Morgan fingerprint density at radius 1 is 1.19 bits per heavy atom. The second-order valence-corrected chi connectivity index (χ2v) is 5.39. The molecule has 1 aromatic carbocycles. The van der Waals surface area contributed by atoms with E-state index in [1.807, 2.05) is 24.3 Å². The maximum atomic E-state index is 5.58. The topological polar surface area (TPSA) is 34.4 Å². The van der Waals surface area contributed by atoms with E-state index in [0.717, 1.165) is 43.9 Å². The van der Waals surface area contributed by atoms with Gasteiger partial charge in [0.05, 0.1) is 12.9 Å². The summed E-state index contributed by atoms with van der Waals surface area (Å²) in [4.78, 5) is 0. The molecular formula is C18H25NO2. The second kappa shape index (κ2) is 8.53. The van der Waals surface area contributed by atoms with Gasteiger partial charge in [0.2, 0.25) is 0 Å². The largest absolute Gasteiger partial charge is 0.494 e. The highest BCUT2D eigenvalue weighted by Crippen LogP contribution is 2.13. The Morgan fingerprint density at radius 2 is 2.00 bits per heavy atom. The molecule has 0 bridgehead atoms. The van der Waals surface area contributed by atoms with Gasteiger partial charge < -0.3 is 14.5 Å². The third kappa shape index (κ3) is 5.64. The Balaban J connectivity index is 1.69. The third-order valence-electron chi connectivity index (χ3n) is 3.45. The van der Waals surface area contributed by atoms with Crippen molar-refractivity contribution in [3.8, 4) is 5.75 Å². The van der Waals surface area contributed by atoms with E-state index in [1.165, 1.54) is 5.56 Å². The average Bonchev–Trinajstić information content (AvgIpc) is 3.03. The molecule has 1 aromatic heterocycles. The summed E-state index contributed by atoms with van der Waals surface area (Å²) >= 11 is 0. The van der Waals surface area contributed by atoms with E-state index in [1.54, 1.807) is 6.26 Å². The minimum atomic E-state index is 0.464. The summed E-state index contributed by atoms with van der Waals surface area (Å²) < 4.78 is 10.9. The van der Waals surface area contributed by atoms with Gasteiger partial charge in [-0.1, -0.05) is 19.1 Å². The summed E-state index contributed by atoms with van der Waals surface area (Å²) in [7, 11) is 0. The highest BCUT2D eigenvalue weighted by Gasteiger charge is 2.04. The van der Waals surface area contributed by atoms with Crippen molar-refractivity contribution < 1.29 is 9.15 Å². The van der Waals surface area contributed by atoms with Gasteiger partial charge in [-0.05, 0) is 49.6 Å². The lowest BCUT2D eigenvalue weighted by Crippen LogP contribution is -2.25. The molecule has 1 N–H and O–H groups in total. The molecule has 0 fully saturated rings. The van der Waals surface area contributed by atoms with Crippen molar-refractivity contribution in [3.05, 3.63) is 54.0 Å². The summed E-state index contributed by atoms with van der Waals surface area (Å²) in [6.07, 6.45) is 4.82. The fraction of sp³-hybridized carbons (Fsp3) is 0.444. The number of hydrogen-bond donors (Lipinski definition) is 1. The van der Waals surface area contributed by atoms with Crippen LogP contribution in [0.1, 0.15) is 38.0 Å². The lowest BCUT2D eigenvalue weighted by molar-refractivity contribution is 0.317. The lowest BCUT2D eigenvalue weighted by Gasteiger charge is -2.13. The normalized spacial score (nSPS) is 12.3. The fourth-order valence-electron chi connectivity index (χ4n) is 2.13. The molecule has 3 heteroatoms. The van der Waals surface area contributed by atoms with Crippen LogP contribution < -0.4 is 10.1 Å². The average molecular weight is 287 g/mol. The number of nitrogens with one attached hydrogen (secondary N) is 1. The fourth-order valence-corrected chi connectivity index (χ4v) is 2.13.